The third-order valence-corrected chi connectivity index (χ3v) is 4.31. The summed E-state index contributed by atoms with van der Waals surface area (Å²) in [7, 11) is 0. The zero-order valence-corrected chi connectivity index (χ0v) is 14.0. The smallest absolute Gasteiger partial charge is 0.319 e. The number of carbonyl (C=O) groups is 1. The summed E-state index contributed by atoms with van der Waals surface area (Å²) in [4.78, 5) is 11.9. The van der Waals surface area contributed by atoms with Crippen LogP contribution in [0.15, 0.2) is 18.2 Å². The molecule has 1 aliphatic heterocycles. The molecule has 1 aliphatic carbocycles. The first-order chi connectivity index (χ1) is 11.8. The highest BCUT2D eigenvalue weighted by atomic mass is 16.6. The Morgan fingerprint density at radius 1 is 1.12 bits per heavy atom. The van der Waals surface area contributed by atoms with Crippen LogP contribution in [0.2, 0.25) is 0 Å². The van der Waals surface area contributed by atoms with Gasteiger partial charge >= 0.3 is 6.03 Å². The van der Waals surface area contributed by atoms with Crippen molar-refractivity contribution in [1.29, 1.82) is 0 Å². The first-order valence-electron chi connectivity index (χ1n) is 8.87. The van der Waals surface area contributed by atoms with Gasteiger partial charge in [-0.15, -0.1) is 0 Å². The monoisotopic (exact) mass is 334 g/mol. The Kier molecular flexibility index (Phi) is 6.18. The first-order valence-corrected chi connectivity index (χ1v) is 8.87. The fourth-order valence-electron chi connectivity index (χ4n) is 3.05. The number of urea groups is 1. The van der Waals surface area contributed by atoms with Crippen molar-refractivity contribution in [2.45, 2.75) is 44.6 Å². The molecular weight excluding hydrogens is 308 g/mol. The maximum atomic E-state index is 11.9. The molecule has 6 nitrogen and oxygen atoms in total. The lowest BCUT2D eigenvalue weighted by atomic mass is 9.98. The van der Waals surface area contributed by atoms with E-state index in [1.54, 1.807) is 12.1 Å². The van der Waals surface area contributed by atoms with Gasteiger partial charge in [-0.25, -0.2) is 4.79 Å². The van der Waals surface area contributed by atoms with Gasteiger partial charge in [0, 0.05) is 24.9 Å². The predicted octanol–water partition coefficient (Wildman–Crippen LogP) is 3.32. The molecule has 1 fully saturated rings. The number of nitrogens with one attached hydrogen (secondary N) is 2. The Morgan fingerprint density at radius 3 is 2.75 bits per heavy atom. The third-order valence-electron chi connectivity index (χ3n) is 4.31. The zero-order chi connectivity index (χ0) is 16.6. The summed E-state index contributed by atoms with van der Waals surface area (Å²) in [5.74, 6) is 1.38. The van der Waals surface area contributed by atoms with E-state index in [9.17, 15) is 4.79 Å². The lowest BCUT2D eigenvalue weighted by molar-refractivity contribution is 0.0276. The molecule has 24 heavy (non-hydrogen) atoms. The van der Waals surface area contributed by atoms with Crippen molar-refractivity contribution in [2.75, 3.05) is 31.7 Å². The van der Waals surface area contributed by atoms with E-state index in [0.717, 1.165) is 6.42 Å². The molecule has 3 rings (SSSR count). The Labute approximate surface area is 142 Å². The van der Waals surface area contributed by atoms with Crippen LogP contribution in [-0.2, 0) is 4.74 Å². The lowest BCUT2D eigenvalue weighted by Crippen LogP contribution is -2.30. The maximum Gasteiger partial charge on any atom is 0.319 e. The molecule has 0 atom stereocenters. The van der Waals surface area contributed by atoms with Gasteiger partial charge in [-0.1, -0.05) is 19.3 Å². The van der Waals surface area contributed by atoms with E-state index in [-0.39, 0.29) is 6.03 Å². The topological polar surface area (TPSA) is 68.8 Å². The van der Waals surface area contributed by atoms with Crippen LogP contribution in [0.3, 0.4) is 0 Å². The molecule has 0 saturated heterocycles. The van der Waals surface area contributed by atoms with Crippen LogP contribution in [-0.4, -0.2) is 38.5 Å². The average Bonchev–Trinajstić information content (AvgIpc) is 2.62. The number of carbonyl (C=O) groups excluding carboxylic acids is 1. The molecule has 1 aromatic carbocycles. The van der Waals surface area contributed by atoms with Crippen LogP contribution in [0.25, 0.3) is 0 Å². The van der Waals surface area contributed by atoms with E-state index in [4.69, 9.17) is 14.2 Å². The molecule has 0 unspecified atom stereocenters. The second-order valence-corrected chi connectivity index (χ2v) is 6.22. The molecule has 0 radical (unpaired) electrons. The molecule has 1 heterocycles. The Morgan fingerprint density at radius 2 is 1.92 bits per heavy atom. The Hall–Kier alpha value is -1.95. The van der Waals surface area contributed by atoms with Gasteiger partial charge in [-0.3, -0.25) is 0 Å². The number of fused-ring (bicyclic) bond motifs is 1. The summed E-state index contributed by atoms with van der Waals surface area (Å²) in [5.41, 5.74) is 0.690. The molecule has 0 spiro atoms. The predicted molar refractivity (Wildman–Crippen MR) is 91.9 cm³/mol. The number of anilines is 1. The van der Waals surface area contributed by atoms with Crippen molar-refractivity contribution in [2.24, 2.45) is 0 Å². The standard InChI is InChI=1S/C18H26N2O4/c21-18(19-9-4-10-22-15-5-2-1-3-6-15)20-14-7-8-16-17(13-14)24-12-11-23-16/h7-8,13,15H,1-6,9-12H2,(H2,19,20,21). The summed E-state index contributed by atoms with van der Waals surface area (Å²) >= 11 is 0. The third kappa shape index (κ3) is 5.03. The second-order valence-electron chi connectivity index (χ2n) is 6.22. The van der Waals surface area contributed by atoms with E-state index in [1.807, 2.05) is 6.07 Å². The van der Waals surface area contributed by atoms with E-state index >= 15 is 0 Å². The summed E-state index contributed by atoms with van der Waals surface area (Å²) in [6.45, 7) is 2.39. The molecular formula is C18H26N2O4. The van der Waals surface area contributed by atoms with E-state index in [1.165, 1.54) is 32.1 Å². The highest BCUT2D eigenvalue weighted by Gasteiger charge is 2.14. The van der Waals surface area contributed by atoms with Gasteiger partial charge in [0.1, 0.15) is 13.2 Å². The molecule has 1 aromatic rings. The Bertz CT molecular complexity index is 544. The molecule has 2 N–H and O–H groups in total. The highest BCUT2D eigenvalue weighted by Crippen LogP contribution is 2.32. The van der Waals surface area contributed by atoms with Gasteiger partial charge in [-0.2, -0.15) is 0 Å². The molecule has 0 aromatic heterocycles. The van der Waals surface area contributed by atoms with Crippen molar-refractivity contribution in [3.63, 3.8) is 0 Å². The molecule has 2 amide bonds. The normalized spacial score (nSPS) is 17.3. The van der Waals surface area contributed by atoms with E-state index in [2.05, 4.69) is 10.6 Å². The number of amides is 2. The fraction of sp³-hybridized carbons (Fsp3) is 0.611. The zero-order valence-electron chi connectivity index (χ0n) is 14.0. The summed E-state index contributed by atoms with van der Waals surface area (Å²) < 4.78 is 16.8. The van der Waals surface area contributed by atoms with Crippen LogP contribution < -0.4 is 20.1 Å². The van der Waals surface area contributed by atoms with E-state index in [0.29, 0.717) is 49.7 Å². The van der Waals surface area contributed by atoms with Crippen molar-refractivity contribution < 1.29 is 19.0 Å². The lowest BCUT2D eigenvalue weighted by Gasteiger charge is -2.22. The molecule has 132 valence electrons. The van der Waals surface area contributed by atoms with Gasteiger partial charge < -0.3 is 24.8 Å². The molecule has 0 bridgehead atoms. The van der Waals surface area contributed by atoms with Gasteiger partial charge in [0.05, 0.1) is 6.10 Å². The number of hydrogen-bond donors (Lipinski definition) is 2. The number of hydrogen-bond acceptors (Lipinski definition) is 4. The van der Waals surface area contributed by atoms with Crippen LogP contribution in [0.1, 0.15) is 38.5 Å². The van der Waals surface area contributed by atoms with Gasteiger partial charge in [-0.05, 0) is 31.4 Å². The van der Waals surface area contributed by atoms with Crippen molar-refractivity contribution in [1.82, 2.24) is 5.32 Å². The fourth-order valence-corrected chi connectivity index (χ4v) is 3.05. The maximum absolute atomic E-state index is 11.9. The van der Waals surface area contributed by atoms with Crippen LogP contribution in [0.4, 0.5) is 10.5 Å². The van der Waals surface area contributed by atoms with Crippen LogP contribution in [0.5, 0.6) is 11.5 Å². The van der Waals surface area contributed by atoms with Crippen LogP contribution in [0, 0.1) is 0 Å². The van der Waals surface area contributed by atoms with Crippen LogP contribution >= 0.6 is 0 Å². The van der Waals surface area contributed by atoms with Gasteiger partial charge in [0.15, 0.2) is 11.5 Å². The minimum absolute atomic E-state index is 0.218. The van der Waals surface area contributed by atoms with Crippen molar-refractivity contribution in [3.05, 3.63) is 18.2 Å². The Balaban J connectivity index is 1.32. The quantitative estimate of drug-likeness (QED) is 0.783. The second kappa shape index (κ2) is 8.78. The molecule has 2 aliphatic rings. The summed E-state index contributed by atoms with van der Waals surface area (Å²) in [5, 5.41) is 5.65. The largest absolute Gasteiger partial charge is 0.486 e. The number of rotatable bonds is 6. The van der Waals surface area contributed by atoms with Crippen molar-refractivity contribution >= 4 is 11.7 Å². The van der Waals surface area contributed by atoms with E-state index < -0.39 is 0 Å². The number of benzene rings is 1. The van der Waals surface area contributed by atoms with Gasteiger partial charge in [0.2, 0.25) is 0 Å². The highest BCUT2D eigenvalue weighted by molar-refractivity contribution is 5.89. The summed E-state index contributed by atoms with van der Waals surface area (Å²) in [6.07, 6.45) is 7.50. The van der Waals surface area contributed by atoms with Gasteiger partial charge in [0.25, 0.3) is 0 Å². The number of ether oxygens (including phenoxy) is 3. The first kappa shape index (κ1) is 16.9. The molecule has 1 saturated carbocycles. The SMILES string of the molecule is O=C(NCCCOC1CCCCC1)Nc1ccc2c(c1)OCCO2. The van der Waals surface area contributed by atoms with Crippen molar-refractivity contribution in [3.8, 4) is 11.5 Å². The summed E-state index contributed by atoms with van der Waals surface area (Å²) in [6, 6.07) is 5.17. The minimum atomic E-state index is -0.218. The molecule has 6 heteroatoms. The minimum Gasteiger partial charge on any atom is -0.486 e. The average molecular weight is 334 g/mol.